The monoisotopic (exact) mass is 338 g/mol. The van der Waals surface area contributed by atoms with Gasteiger partial charge in [-0.1, -0.05) is 41.7 Å². The summed E-state index contributed by atoms with van der Waals surface area (Å²) in [6.45, 7) is 1.81. The summed E-state index contributed by atoms with van der Waals surface area (Å²) in [5.74, 6) is 0.419. The summed E-state index contributed by atoms with van der Waals surface area (Å²) in [6.07, 6.45) is 3.26. The average Bonchev–Trinajstić information content (AvgIpc) is 2.84. The standard InChI is InChI=1S/C11H9Cl3N2O2S/c1-2-9-15-5-6-16(9)19(17,18)8-4-3-7(12)10(13)11(8)14/h3-6H,2H2,1H3. The fraction of sp³-hybridized carbons (Fsp3) is 0.182. The Hall–Kier alpha value is -0.750. The fourth-order valence-electron chi connectivity index (χ4n) is 1.60. The molecule has 0 aliphatic rings. The Labute approximate surface area is 126 Å². The predicted octanol–water partition coefficient (Wildman–Crippen LogP) is 3.64. The van der Waals surface area contributed by atoms with Gasteiger partial charge in [-0.2, -0.15) is 0 Å². The van der Waals surface area contributed by atoms with Crippen molar-refractivity contribution in [3.8, 4) is 0 Å². The quantitative estimate of drug-likeness (QED) is 0.802. The molecule has 2 rings (SSSR count). The van der Waals surface area contributed by atoms with Crippen molar-refractivity contribution in [2.45, 2.75) is 18.2 Å². The largest absolute Gasteiger partial charge is 0.270 e. The molecule has 2 aromatic rings. The van der Waals surface area contributed by atoms with Gasteiger partial charge in [0.25, 0.3) is 10.0 Å². The molecule has 0 bridgehead atoms. The maximum Gasteiger partial charge on any atom is 0.270 e. The molecule has 0 aliphatic carbocycles. The molecule has 0 aliphatic heterocycles. The highest BCUT2D eigenvalue weighted by atomic mass is 35.5. The third kappa shape index (κ3) is 2.48. The third-order valence-electron chi connectivity index (χ3n) is 2.53. The molecule has 8 heteroatoms. The molecule has 102 valence electrons. The van der Waals surface area contributed by atoms with Gasteiger partial charge in [-0.15, -0.1) is 0 Å². The molecule has 0 saturated carbocycles. The molecule has 0 spiro atoms. The van der Waals surface area contributed by atoms with E-state index < -0.39 is 10.0 Å². The molecule has 0 amide bonds. The number of nitrogens with zero attached hydrogens (tertiary/aromatic N) is 2. The van der Waals surface area contributed by atoms with Crippen LogP contribution in [0.4, 0.5) is 0 Å². The molecule has 1 aromatic heterocycles. The van der Waals surface area contributed by atoms with Crippen LogP contribution >= 0.6 is 34.8 Å². The first-order chi connectivity index (χ1) is 8.89. The van der Waals surface area contributed by atoms with Gasteiger partial charge in [-0.3, -0.25) is 0 Å². The third-order valence-corrected chi connectivity index (χ3v) is 5.68. The Morgan fingerprint density at radius 3 is 2.53 bits per heavy atom. The molecule has 0 atom stereocenters. The highest BCUT2D eigenvalue weighted by molar-refractivity contribution is 7.90. The maximum absolute atomic E-state index is 12.5. The van der Waals surface area contributed by atoms with E-state index in [1.807, 2.05) is 6.92 Å². The molecule has 0 saturated heterocycles. The zero-order chi connectivity index (χ0) is 14.2. The van der Waals surface area contributed by atoms with E-state index in [1.54, 1.807) is 0 Å². The van der Waals surface area contributed by atoms with Crippen molar-refractivity contribution >= 4 is 44.8 Å². The first-order valence-electron chi connectivity index (χ1n) is 5.31. The summed E-state index contributed by atoms with van der Waals surface area (Å²) < 4.78 is 26.1. The van der Waals surface area contributed by atoms with Crippen LogP contribution in [0.25, 0.3) is 0 Å². The van der Waals surface area contributed by atoms with E-state index in [0.717, 1.165) is 3.97 Å². The van der Waals surface area contributed by atoms with Crippen molar-refractivity contribution in [2.24, 2.45) is 0 Å². The number of imidazole rings is 1. The van der Waals surface area contributed by atoms with Crippen molar-refractivity contribution in [3.05, 3.63) is 45.4 Å². The van der Waals surface area contributed by atoms with Crippen LogP contribution in [0.3, 0.4) is 0 Å². The Bertz CT molecular complexity index is 726. The van der Waals surface area contributed by atoms with E-state index >= 15 is 0 Å². The van der Waals surface area contributed by atoms with Crippen LogP contribution in [0.5, 0.6) is 0 Å². The molecule has 0 fully saturated rings. The van der Waals surface area contributed by atoms with Gasteiger partial charge in [0.2, 0.25) is 0 Å². The van der Waals surface area contributed by atoms with Gasteiger partial charge in [-0.25, -0.2) is 17.4 Å². The number of aromatic nitrogens is 2. The maximum atomic E-state index is 12.5. The number of rotatable bonds is 3. The number of benzene rings is 1. The summed E-state index contributed by atoms with van der Waals surface area (Å²) in [4.78, 5) is 3.88. The Kier molecular flexibility index (Phi) is 4.11. The van der Waals surface area contributed by atoms with Crippen LogP contribution < -0.4 is 0 Å². The van der Waals surface area contributed by atoms with Crippen molar-refractivity contribution < 1.29 is 8.42 Å². The van der Waals surface area contributed by atoms with Crippen LogP contribution in [-0.2, 0) is 16.4 Å². The molecule has 19 heavy (non-hydrogen) atoms. The van der Waals surface area contributed by atoms with Gasteiger partial charge in [0.1, 0.15) is 10.7 Å². The van der Waals surface area contributed by atoms with Crippen LogP contribution in [0, 0.1) is 0 Å². The van der Waals surface area contributed by atoms with E-state index in [-0.39, 0.29) is 20.0 Å². The van der Waals surface area contributed by atoms with E-state index in [9.17, 15) is 8.42 Å². The SMILES string of the molecule is CCc1nccn1S(=O)(=O)c1ccc(Cl)c(Cl)c1Cl. The fourth-order valence-corrected chi connectivity index (χ4v) is 3.93. The minimum absolute atomic E-state index is 0.0163. The number of halogens is 3. The zero-order valence-corrected chi connectivity index (χ0v) is 12.9. The van der Waals surface area contributed by atoms with Crippen LogP contribution in [-0.4, -0.2) is 17.4 Å². The zero-order valence-electron chi connectivity index (χ0n) is 9.77. The van der Waals surface area contributed by atoms with E-state index in [0.29, 0.717) is 12.2 Å². The molecule has 0 unspecified atom stereocenters. The lowest BCUT2D eigenvalue weighted by Gasteiger charge is -2.11. The molecule has 1 aromatic carbocycles. The molecule has 0 radical (unpaired) electrons. The van der Waals surface area contributed by atoms with Crippen LogP contribution in [0.1, 0.15) is 12.7 Å². The molecular formula is C11H9Cl3N2O2S. The summed E-state index contributed by atoms with van der Waals surface area (Å²) in [7, 11) is -3.83. The van der Waals surface area contributed by atoms with Gasteiger partial charge in [0.15, 0.2) is 0 Å². The lowest BCUT2D eigenvalue weighted by Crippen LogP contribution is -2.15. The number of aryl methyl sites for hydroxylation is 1. The lowest BCUT2D eigenvalue weighted by atomic mass is 10.4. The minimum atomic E-state index is -3.83. The molecule has 1 heterocycles. The van der Waals surface area contributed by atoms with E-state index in [2.05, 4.69) is 4.98 Å². The van der Waals surface area contributed by atoms with Crippen molar-refractivity contribution in [2.75, 3.05) is 0 Å². The summed E-state index contributed by atoms with van der Waals surface area (Å²) >= 11 is 17.6. The van der Waals surface area contributed by atoms with Gasteiger partial charge in [0, 0.05) is 18.8 Å². The van der Waals surface area contributed by atoms with Crippen LogP contribution in [0.2, 0.25) is 15.1 Å². The average molecular weight is 340 g/mol. The minimum Gasteiger partial charge on any atom is -0.241 e. The van der Waals surface area contributed by atoms with Crippen LogP contribution in [0.15, 0.2) is 29.4 Å². The topological polar surface area (TPSA) is 52.0 Å². The Balaban J connectivity index is 2.68. The van der Waals surface area contributed by atoms with Gasteiger partial charge in [-0.05, 0) is 12.1 Å². The predicted molar refractivity (Wildman–Crippen MR) is 75.7 cm³/mol. The highest BCUT2D eigenvalue weighted by Crippen LogP contribution is 2.35. The normalized spacial score (nSPS) is 11.8. The van der Waals surface area contributed by atoms with Gasteiger partial charge >= 0.3 is 0 Å². The lowest BCUT2D eigenvalue weighted by molar-refractivity contribution is 0.584. The van der Waals surface area contributed by atoms with Gasteiger partial charge < -0.3 is 0 Å². The van der Waals surface area contributed by atoms with Crippen molar-refractivity contribution in [1.29, 1.82) is 0 Å². The summed E-state index contributed by atoms with van der Waals surface area (Å²) in [5, 5.41) is 0.124. The summed E-state index contributed by atoms with van der Waals surface area (Å²) in [6, 6.07) is 2.72. The van der Waals surface area contributed by atoms with Gasteiger partial charge in [0.05, 0.1) is 15.1 Å². The molecular weight excluding hydrogens is 331 g/mol. The van der Waals surface area contributed by atoms with E-state index in [4.69, 9.17) is 34.8 Å². The number of hydrogen-bond donors (Lipinski definition) is 0. The van der Waals surface area contributed by atoms with Crippen molar-refractivity contribution in [1.82, 2.24) is 8.96 Å². The van der Waals surface area contributed by atoms with E-state index in [1.165, 1.54) is 24.5 Å². The Morgan fingerprint density at radius 1 is 1.21 bits per heavy atom. The van der Waals surface area contributed by atoms with Crippen molar-refractivity contribution in [3.63, 3.8) is 0 Å². The smallest absolute Gasteiger partial charge is 0.241 e. The molecule has 4 nitrogen and oxygen atoms in total. The first kappa shape index (κ1) is 14.7. The Morgan fingerprint density at radius 2 is 1.89 bits per heavy atom. The number of hydrogen-bond acceptors (Lipinski definition) is 3. The second-order valence-corrected chi connectivity index (χ2v) is 6.62. The second-order valence-electron chi connectivity index (χ2n) is 3.67. The highest BCUT2D eigenvalue weighted by Gasteiger charge is 2.24. The first-order valence-corrected chi connectivity index (χ1v) is 7.88. The summed E-state index contributed by atoms with van der Waals surface area (Å²) in [5.41, 5.74) is 0. The molecule has 0 N–H and O–H groups in total. The second kappa shape index (κ2) is 5.32.